The van der Waals surface area contributed by atoms with Crippen LogP contribution in [0.15, 0.2) is 22.7 Å². The summed E-state index contributed by atoms with van der Waals surface area (Å²) in [5, 5.41) is 23.3. The molecule has 0 bridgehead atoms. The fourth-order valence-electron chi connectivity index (χ4n) is 2.12. The highest BCUT2D eigenvalue weighted by Crippen LogP contribution is 2.25. The van der Waals surface area contributed by atoms with Gasteiger partial charge in [0.05, 0.1) is 11.0 Å². The van der Waals surface area contributed by atoms with Crippen molar-refractivity contribution in [3.8, 4) is 6.07 Å². The van der Waals surface area contributed by atoms with E-state index >= 15 is 0 Å². The molecule has 1 aliphatic heterocycles. The molecule has 100 valence electrons. The topological polar surface area (TPSA) is 82.2 Å². The number of halogens is 1. The van der Waals surface area contributed by atoms with E-state index in [4.69, 9.17) is 5.26 Å². The van der Waals surface area contributed by atoms with Gasteiger partial charge in [-0.05, 0) is 12.1 Å². The molecule has 1 aliphatic rings. The summed E-state index contributed by atoms with van der Waals surface area (Å²) in [5.41, 5.74) is 0.722. The van der Waals surface area contributed by atoms with Gasteiger partial charge in [-0.3, -0.25) is 15.0 Å². The maximum Gasteiger partial charge on any atom is 0.275 e. The second-order valence-electron chi connectivity index (χ2n) is 4.35. The molecule has 1 atom stereocenters. The summed E-state index contributed by atoms with van der Waals surface area (Å²) >= 11 is 3.23. The molecule has 0 aromatic heterocycles. The Morgan fingerprint density at radius 1 is 1.63 bits per heavy atom. The average molecular weight is 325 g/mol. The number of piperazine rings is 1. The van der Waals surface area contributed by atoms with Gasteiger partial charge in [0, 0.05) is 42.3 Å². The predicted octanol–water partition coefficient (Wildman–Crippen LogP) is 1.65. The van der Waals surface area contributed by atoms with Crippen molar-refractivity contribution in [3.05, 3.63) is 38.3 Å². The molecule has 0 spiro atoms. The first-order valence-corrected chi connectivity index (χ1v) is 6.68. The molecule has 1 heterocycles. The van der Waals surface area contributed by atoms with Crippen molar-refractivity contribution in [2.45, 2.75) is 12.6 Å². The van der Waals surface area contributed by atoms with Crippen LogP contribution in [-0.4, -0.2) is 35.5 Å². The maximum absolute atomic E-state index is 11.1. The Hall–Kier alpha value is -1.49. The number of nitro groups is 1. The lowest BCUT2D eigenvalue weighted by Gasteiger charge is -2.31. The number of hydrogen-bond donors (Lipinski definition) is 1. The van der Waals surface area contributed by atoms with E-state index in [1.165, 1.54) is 6.07 Å². The lowest BCUT2D eigenvalue weighted by atomic mass is 10.1. The Kier molecular flexibility index (Phi) is 4.47. The third-order valence-electron chi connectivity index (χ3n) is 3.12. The van der Waals surface area contributed by atoms with Gasteiger partial charge in [0.2, 0.25) is 0 Å². The van der Waals surface area contributed by atoms with Crippen LogP contribution in [0, 0.1) is 21.4 Å². The van der Waals surface area contributed by atoms with Crippen molar-refractivity contribution in [3.63, 3.8) is 0 Å². The molecule has 1 fully saturated rings. The quantitative estimate of drug-likeness (QED) is 0.675. The summed E-state index contributed by atoms with van der Waals surface area (Å²) in [6.07, 6.45) is 0. The van der Waals surface area contributed by atoms with Crippen molar-refractivity contribution in [2.75, 3.05) is 19.6 Å². The molecule has 1 aromatic carbocycles. The molecule has 1 unspecified atom stereocenters. The maximum atomic E-state index is 11.1. The van der Waals surface area contributed by atoms with Gasteiger partial charge < -0.3 is 5.32 Å². The summed E-state index contributed by atoms with van der Waals surface area (Å²) in [6.45, 7) is 2.53. The Labute approximate surface area is 119 Å². The minimum absolute atomic E-state index is 0.0876. The highest BCUT2D eigenvalue weighted by atomic mass is 79.9. The van der Waals surface area contributed by atoms with E-state index in [0.717, 1.165) is 6.54 Å². The molecule has 0 aliphatic carbocycles. The van der Waals surface area contributed by atoms with E-state index in [-0.39, 0.29) is 16.7 Å². The van der Waals surface area contributed by atoms with Gasteiger partial charge in [-0.15, -0.1) is 0 Å². The summed E-state index contributed by atoms with van der Waals surface area (Å²) in [5.74, 6) is 0. The normalized spacial score (nSPS) is 19.9. The van der Waals surface area contributed by atoms with Crippen LogP contribution in [0.5, 0.6) is 0 Å². The van der Waals surface area contributed by atoms with Gasteiger partial charge >= 0.3 is 0 Å². The molecule has 1 saturated heterocycles. The minimum atomic E-state index is -0.385. The fraction of sp³-hybridized carbons (Fsp3) is 0.417. The number of nitrogens with one attached hydrogen (secondary N) is 1. The van der Waals surface area contributed by atoms with Crippen LogP contribution in [0.2, 0.25) is 0 Å². The van der Waals surface area contributed by atoms with E-state index in [1.54, 1.807) is 12.1 Å². The van der Waals surface area contributed by atoms with Gasteiger partial charge in [-0.25, -0.2) is 0 Å². The predicted molar refractivity (Wildman–Crippen MR) is 73.5 cm³/mol. The van der Waals surface area contributed by atoms with Crippen LogP contribution < -0.4 is 5.32 Å². The van der Waals surface area contributed by atoms with Crippen molar-refractivity contribution in [2.24, 2.45) is 0 Å². The Morgan fingerprint density at radius 2 is 2.42 bits per heavy atom. The first-order valence-electron chi connectivity index (χ1n) is 5.89. The average Bonchev–Trinajstić information content (AvgIpc) is 2.41. The van der Waals surface area contributed by atoms with Gasteiger partial charge in [0.1, 0.15) is 6.04 Å². The highest BCUT2D eigenvalue weighted by Gasteiger charge is 2.24. The zero-order chi connectivity index (χ0) is 13.8. The van der Waals surface area contributed by atoms with Crippen molar-refractivity contribution >= 4 is 21.6 Å². The standard InChI is InChI=1S/C12H13BrN4O2/c13-10-2-1-9(12(5-10)17(18)19)8-16-4-3-15-7-11(16)6-14/h1-2,5,11,15H,3-4,7-8H2. The number of hydrogen-bond acceptors (Lipinski definition) is 5. The Morgan fingerprint density at radius 3 is 3.11 bits per heavy atom. The van der Waals surface area contributed by atoms with E-state index in [2.05, 4.69) is 27.3 Å². The molecule has 6 nitrogen and oxygen atoms in total. The van der Waals surface area contributed by atoms with Gasteiger partial charge in [0.25, 0.3) is 5.69 Å². The number of nitro benzene ring substituents is 1. The zero-order valence-electron chi connectivity index (χ0n) is 10.2. The van der Waals surface area contributed by atoms with E-state index in [1.807, 2.05) is 4.90 Å². The lowest BCUT2D eigenvalue weighted by Crippen LogP contribution is -2.50. The van der Waals surface area contributed by atoms with Crippen LogP contribution in [-0.2, 0) is 6.54 Å². The van der Waals surface area contributed by atoms with Crippen LogP contribution in [0.25, 0.3) is 0 Å². The number of nitriles is 1. The summed E-state index contributed by atoms with van der Waals surface area (Å²) in [7, 11) is 0. The zero-order valence-corrected chi connectivity index (χ0v) is 11.8. The lowest BCUT2D eigenvalue weighted by molar-refractivity contribution is -0.385. The molecule has 0 saturated carbocycles. The minimum Gasteiger partial charge on any atom is -0.313 e. The van der Waals surface area contributed by atoms with Crippen LogP contribution in [0.3, 0.4) is 0 Å². The molecule has 1 aromatic rings. The van der Waals surface area contributed by atoms with E-state index in [9.17, 15) is 10.1 Å². The molecule has 0 amide bonds. The molecular weight excluding hydrogens is 312 g/mol. The molecule has 1 N–H and O–H groups in total. The second kappa shape index (κ2) is 6.10. The summed E-state index contributed by atoms with van der Waals surface area (Å²) < 4.78 is 0.681. The monoisotopic (exact) mass is 324 g/mol. The highest BCUT2D eigenvalue weighted by molar-refractivity contribution is 9.10. The molecule has 7 heteroatoms. The molecule has 2 rings (SSSR count). The van der Waals surface area contributed by atoms with Crippen molar-refractivity contribution < 1.29 is 4.92 Å². The molecular formula is C12H13BrN4O2. The van der Waals surface area contributed by atoms with Crippen molar-refractivity contribution in [1.82, 2.24) is 10.2 Å². The summed E-state index contributed by atoms with van der Waals surface area (Å²) in [6, 6.07) is 7.00. The van der Waals surface area contributed by atoms with Crippen LogP contribution >= 0.6 is 15.9 Å². The Bertz CT molecular complexity index is 529. The van der Waals surface area contributed by atoms with Crippen LogP contribution in [0.1, 0.15) is 5.56 Å². The van der Waals surface area contributed by atoms with Crippen molar-refractivity contribution in [1.29, 1.82) is 5.26 Å². The number of benzene rings is 1. The first-order chi connectivity index (χ1) is 9.11. The van der Waals surface area contributed by atoms with Crippen LogP contribution in [0.4, 0.5) is 5.69 Å². The number of nitrogens with zero attached hydrogens (tertiary/aromatic N) is 3. The smallest absolute Gasteiger partial charge is 0.275 e. The summed E-state index contributed by atoms with van der Waals surface area (Å²) in [4.78, 5) is 12.6. The van der Waals surface area contributed by atoms with Gasteiger partial charge in [-0.2, -0.15) is 5.26 Å². The third kappa shape index (κ3) is 3.29. The molecule has 0 radical (unpaired) electrons. The Balaban J connectivity index is 2.23. The number of rotatable bonds is 3. The fourth-order valence-corrected chi connectivity index (χ4v) is 2.47. The van der Waals surface area contributed by atoms with E-state index in [0.29, 0.717) is 29.7 Å². The van der Waals surface area contributed by atoms with Gasteiger partial charge in [-0.1, -0.05) is 15.9 Å². The molecule has 19 heavy (non-hydrogen) atoms. The second-order valence-corrected chi connectivity index (χ2v) is 5.27. The largest absolute Gasteiger partial charge is 0.313 e. The third-order valence-corrected chi connectivity index (χ3v) is 3.61. The SMILES string of the molecule is N#CC1CNCCN1Cc1ccc(Br)cc1[N+](=O)[O-]. The van der Waals surface area contributed by atoms with E-state index < -0.39 is 0 Å². The van der Waals surface area contributed by atoms with Gasteiger partial charge in [0.15, 0.2) is 0 Å². The first kappa shape index (κ1) is 13.9.